The van der Waals surface area contributed by atoms with Crippen molar-refractivity contribution in [3.63, 3.8) is 0 Å². The number of nitrogens with zero attached hydrogens (tertiary/aromatic N) is 2. The van der Waals surface area contributed by atoms with Crippen LogP contribution in [0.3, 0.4) is 0 Å². The number of carbonyl (C=O) groups excluding carboxylic acids is 2. The summed E-state index contributed by atoms with van der Waals surface area (Å²) >= 11 is 0. The number of ether oxygens (including phenoxy) is 4. The highest BCUT2D eigenvalue weighted by atomic mass is 19.4. The summed E-state index contributed by atoms with van der Waals surface area (Å²) in [5.74, 6) is -3.85. The highest BCUT2D eigenvalue weighted by Gasteiger charge is 2.46. The predicted octanol–water partition coefficient (Wildman–Crippen LogP) is 4.95. The van der Waals surface area contributed by atoms with E-state index < -0.39 is 59.6 Å². The van der Waals surface area contributed by atoms with Crippen molar-refractivity contribution in [3.05, 3.63) is 70.4 Å². The number of amides is 1. The zero-order chi connectivity index (χ0) is 33.2. The maximum Gasteiger partial charge on any atom is 0.411 e. The first-order valence-electron chi connectivity index (χ1n) is 14.5. The van der Waals surface area contributed by atoms with Gasteiger partial charge in [-0.05, 0) is 61.2 Å². The quantitative estimate of drug-likeness (QED) is 0.271. The second kappa shape index (κ2) is 13.5. The first kappa shape index (κ1) is 32.9. The summed E-state index contributed by atoms with van der Waals surface area (Å²) in [5, 5.41) is 2.34. The molecule has 2 aliphatic rings. The minimum atomic E-state index is -4.72. The van der Waals surface area contributed by atoms with Crippen molar-refractivity contribution >= 4 is 17.6 Å². The number of esters is 1. The van der Waals surface area contributed by atoms with E-state index in [0.717, 1.165) is 23.3 Å². The third-order valence-electron chi connectivity index (χ3n) is 7.95. The van der Waals surface area contributed by atoms with Crippen LogP contribution in [-0.2, 0) is 27.1 Å². The Morgan fingerprint density at radius 2 is 1.85 bits per heavy atom. The lowest BCUT2D eigenvalue weighted by molar-refractivity contribution is -0.167. The number of benzene rings is 2. The van der Waals surface area contributed by atoms with E-state index in [-0.39, 0.29) is 19.6 Å². The number of hydrogen-bond acceptors (Lipinski definition) is 8. The molecule has 1 amide bonds. The molecule has 1 aromatic heterocycles. The molecule has 46 heavy (non-hydrogen) atoms. The lowest BCUT2D eigenvalue weighted by Gasteiger charge is -2.38. The van der Waals surface area contributed by atoms with E-state index in [4.69, 9.17) is 18.9 Å². The number of alkyl halides is 3. The first-order valence-corrected chi connectivity index (χ1v) is 14.5. The molecule has 2 aromatic carbocycles. The summed E-state index contributed by atoms with van der Waals surface area (Å²) in [6, 6.07) is 4.96. The fourth-order valence-electron chi connectivity index (χ4n) is 5.72. The monoisotopic (exact) mass is 649 g/mol. The minimum absolute atomic E-state index is 0.0797. The SMILES string of the molecule is COC(=O)[C@H](Cc1ccc(-c2nc(C)ccc2OC)c2c1CCCO2)NC(=O)c1c(F)cc(N2CCOC[C@@H]2C(F)(F)F)cc1F. The fourth-order valence-corrected chi connectivity index (χ4v) is 5.72. The van der Waals surface area contributed by atoms with Gasteiger partial charge in [0.25, 0.3) is 5.91 Å². The average molecular weight is 650 g/mol. The molecule has 0 saturated carbocycles. The Morgan fingerprint density at radius 3 is 2.52 bits per heavy atom. The van der Waals surface area contributed by atoms with Crippen molar-refractivity contribution < 1.29 is 50.5 Å². The molecule has 0 bridgehead atoms. The van der Waals surface area contributed by atoms with Crippen LogP contribution < -0.4 is 19.7 Å². The number of aromatic nitrogens is 1. The molecule has 1 saturated heterocycles. The topological polar surface area (TPSA) is 99.2 Å². The Balaban J connectivity index is 1.43. The maximum atomic E-state index is 15.2. The lowest BCUT2D eigenvalue weighted by atomic mass is 9.91. The van der Waals surface area contributed by atoms with Crippen LogP contribution in [-0.4, -0.2) is 75.7 Å². The number of rotatable bonds is 8. The van der Waals surface area contributed by atoms with Gasteiger partial charge < -0.3 is 29.2 Å². The smallest absolute Gasteiger partial charge is 0.411 e. The molecule has 0 unspecified atom stereocenters. The molecule has 9 nitrogen and oxygen atoms in total. The molecule has 3 heterocycles. The van der Waals surface area contributed by atoms with Crippen molar-refractivity contribution in [1.29, 1.82) is 0 Å². The van der Waals surface area contributed by atoms with Crippen molar-refractivity contribution in [2.24, 2.45) is 0 Å². The summed E-state index contributed by atoms with van der Waals surface area (Å²) in [5.41, 5.74) is 1.95. The summed E-state index contributed by atoms with van der Waals surface area (Å²) in [4.78, 5) is 31.4. The van der Waals surface area contributed by atoms with Crippen LogP contribution in [0.2, 0.25) is 0 Å². The van der Waals surface area contributed by atoms with Gasteiger partial charge >= 0.3 is 12.1 Å². The molecule has 2 atom stereocenters. The predicted molar refractivity (Wildman–Crippen MR) is 156 cm³/mol. The van der Waals surface area contributed by atoms with Crippen LogP contribution in [0.5, 0.6) is 11.5 Å². The molecular formula is C32H32F5N3O6. The molecule has 14 heteroatoms. The summed E-state index contributed by atoms with van der Waals surface area (Å²) in [6.07, 6.45) is -3.56. The number of aryl methyl sites for hydroxylation is 1. The minimum Gasteiger partial charge on any atom is -0.494 e. The number of pyridine rings is 1. The Kier molecular flexibility index (Phi) is 9.66. The van der Waals surface area contributed by atoms with Gasteiger partial charge in [-0.15, -0.1) is 0 Å². The molecule has 2 aliphatic heterocycles. The number of methoxy groups -OCH3 is 2. The number of carbonyl (C=O) groups is 2. The number of morpholine rings is 1. The zero-order valence-corrected chi connectivity index (χ0v) is 25.3. The van der Waals surface area contributed by atoms with Crippen LogP contribution in [0.1, 0.15) is 33.6 Å². The van der Waals surface area contributed by atoms with Crippen LogP contribution in [0, 0.1) is 18.6 Å². The van der Waals surface area contributed by atoms with E-state index >= 15 is 8.78 Å². The summed E-state index contributed by atoms with van der Waals surface area (Å²) in [7, 11) is 2.64. The molecule has 0 radical (unpaired) electrons. The van der Waals surface area contributed by atoms with Gasteiger partial charge in [-0.2, -0.15) is 13.2 Å². The molecule has 3 aromatic rings. The van der Waals surface area contributed by atoms with Crippen LogP contribution in [0.15, 0.2) is 36.4 Å². The van der Waals surface area contributed by atoms with E-state index in [9.17, 15) is 22.8 Å². The molecular weight excluding hydrogens is 617 g/mol. The van der Waals surface area contributed by atoms with E-state index in [0.29, 0.717) is 59.9 Å². The molecule has 246 valence electrons. The van der Waals surface area contributed by atoms with Gasteiger partial charge in [0, 0.05) is 29.9 Å². The van der Waals surface area contributed by atoms with Crippen LogP contribution in [0.4, 0.5) is 27.6 Å². The Hall–Kier alpha value is -4.46. The van der Waals surface area contributed by atoms with Gasteiger partial charge in [-0.3, -0.25) is 4.79 Å². The molecule has 1 fully saturated rings. The fraction of sp³-hybridized carbons (Fsp3) is 0.406. The largest absolute Gasteiger partial charge is 0.494 e. The maximum absolute atomic E-state index is 15.2. The number of hydrogen-bond donors (Lipinski definition) is 1. The van der Waals surface area contributed by atoms with Gasteiger partial charge in [0.15, 0.2) is 0 Å². The van der Waals surface area contributed by atoms with E-state index in [2.05, 4.69) is 10.3 Å². The Labute approximate surface area is 261 Å². The number of anilines is 1. The van der Waals surface area contributed by atoms with Gasteiger partial charge in [0.05, 0.1) is 34.0 Å². The van der Waals surface area contributed by atoms with E-state index in [1.54, 1.807) is 18.2 Å². The molecule has 0 aliphatic carbocycles. The number of fused-ring (bicyclic) bond motifs is 1. The lowest BCUT2D eigenvalue weighted by Crippen LogP contribution is -2.53. The van der Waals surface area contributed by atoms with Gasteiger partial charge in [-0.1, -0.05) is 6.07 Å². The highest BCUT2D eigenvalue weighted by Crippen LogP contribution is 2.41. The van der Waals surface area contributed by atoms with E-state index in [1.807, 2.05) is 13.0 Å². The Bertz CT molecular complexity index is 1610. The average Bonchev–Trinajstić information content (AvgIpc) is 3.03. The normalized spacial score (nSPS) is 17.0. The summed E-state index contributed by atoms with van der Waals surface area (Å²) in [6.45, 7) is 1.23. The second-order valence-electron chi connectivity index (χ2n) is 10.9. The molecule has 5 rings (SSSR count). The van der Waals surface area contributed by atoms with Gasteiger partial charge in [-0.25, -0.2) is 18.6 Å². The Morgan fingerprint density at radius 1 is 1.11 bits per heavy atom. The van der Waals surface area contributed by atoms with Gasteiger partial charge in [0.2, 0.25) is 0 Å². The van der Waals surface area contributed by atoms with E-state index in [1.165, 1.54) is 7.11 Å². The van der Waals surface area contributed by atoms with Crippen molar-refractivity contribution in [3.8, 4) is 22.8 Å². The van der Waals surface area contributed by atoms with Gasteiger partial charge in [0.1, 0.15) is 46.5 Å². The van der Waals surface area contributed by atoms with Crippen LogP contribution in [0.25, 0.3) is 11.3 Å². The standard InChI is InChI=1S/C32H32F5N3O6/c1-17-6-9-25(43-2)28(38-17)21-8-7-18(20-5-4-11-46-29(20)21)13-24(31(42)44-3)39-30(41)27-22(33)14-19(15-23(27)34)40-10-12-45-16-26(40)32(35,36)37/h6-9,14-15,24,26H,4-5,10-13,16H2,1-3H3,(H,39,41)/t24-,26+/m0/s1. The number of halogens is 5. The van der Waals surface area contributed by atoms with Crippen LogP contribution >= 0.6 is 0 Å². The zero-order valence-electron chi connectivity index (χ0n) is 25.3. The molecule has 1 N–H and O–H groups in total. The third kappa shape index (κ3) is 6.71. The third-order valence-corrected chi connectivity index (χ3v) is 7.95. The van der Waals surface area contributed by atoms with Crippen molar-refractivity contribution in [1.82, 2.24) is 10.3 Å². The summed E-state index contributed by atoms with van der Waals surface area (Å²) < 4.78 is 92.5. The first-order chi connectivity index (χ1) is 21.9. The second-order valence-corrected chi connectivity index (χ2v) is 10.9. The van der Waals surface area contributed by atoms with Crippen molar-refractivity contribution in [2.75, 3.05) is 45.5 Å². The molecule has 0 spiro atoms. The van der Waals surface area contributed by atoms with Crippen molar-refractivity contribution in [2.45, 2.75) is 44.4 Å². The highest BCUT2D eigenvalue weighted by molar-refractivity contribution is 5.97. The number of nitrogens with one attached hydrogen (secondary N) is 1.